The van der Waals surface area contributed by atoms with Crippen molar-refractivity contribution in [1.29, 1.82) is 0 Å². The fourth-order valence-electron chi connectivity index (χ4n) is 2.46. The maximum atomic E-state index is 12.5. The number of carboxylic acids is 1. The molecule has 1 atom stereocenters. The Kier molecular flexibility index (Phi) is 4.88. The van der Waals surface area contributed by atoms with Gasteiger partial charge in [0.25, 0.3) is 5.91 Å². The van der Waals surface area contributed by atoms with Gasteiger partial charge in [0.05, 0.1) is 5.02 Å². The lowest BCUT2D eigenvalue weighted by Crippen LogP contribution is -2.33. The molecule has 3 rings (SSSR count). The van der Waals surface area contributed by atoms with Crippen LogP contribution in [0.4, 0.5) is 0 Å². The molecule has 1 heterocycles. The molecule has 2 aromatic carbocycles. The number of hydrogen-bond acceptors (Lipinski definition) is 3. The second kappa shape index (κ2) is 7.09. The van der Waals surface area contributed by atoms with Gasteiger partial charge in [0.1, 0.15) is 5.15 Å². The largest absolute Gasteiger partial charge is 0.479 e. The van der Waals surface area contributed by atoms with Crippen LogP contribution in [0.2, 0.25) is 10.2 Å². The maximum Gasteiger partial charge on any atom is 0.330 e. The molecule has 0 aliphatic heterocycles. The van der Waals surface area contributed by atoms with E-state index in [9.17, 15) is 14.7 Å². The molecule has 25 heavy (non-hydrogen) atoms. The Morgan fingerprint density at radius 2 is 1.76 bits per heavy atom. The van der Waals surface area contributed by atoms with E-state index in [1.54, 1.807) is 42.5 Å². The van der Waals surface area contributed by atoms with E-state index >= 15 is 0 Å². The number of pyridine rings is 1. The average Bonchev–Trinajstić information content (AvgIpc) is 2.63. The van der Waals surface area contributed by atoms with Crippen LogP contribution in [0.5, 0.6) is 0 Å². The molecule has 0 aliphatic rings. The van der Waals surface area contributed by atoms with Crippen LogP contribution in [-0.4, -0.2) is 22.0 Å². The maximum absolute atomic E-state index is 12.5. The van der Waals surface area contributed by atoms with Gasteiger partial charge in [-0.05, 0) is 17.7 Å². The van der Waals surface area contributed by atoms with Crippen LogP contribution in [-0.2, 0) is 4.79 Å². The summed E-state index contributed by atoms with van der Waals surface area (Å²) in [5.74, 6) is -1.68. The number of nitrogens with zero attached hydrogens (tertiary/aromatic N) is 1. The highest BCUT2D eigenvalue weighted by Gasteiger charge is 2.22. The first-order valence-corrected chi connectivity index (χ1v) is 8.05. The van der Waals surface area contributed by atoms with Gasteiger partial charge in [-0.15, -0.1) is 0 Å². The van der Waals surface area contributed by atoms with E-state index in [2.05, 4.69) is 10.3 Å². The molecule has 2 N–H and O–H groups in total. The van der Waals surface area contributed by atoms with Crippen molar-refractivity contribution < 1.29 is 14.7 Å². The quantitative estimate of drug-likeness (QED) is 0.673. The fourth-order valence-corrected chi connectivity index (χ4v) is 2.88. The molecular formula is C18H12Cl2N2O3. The van der Waals surface area contributed by atoms with E-state index in [0.29, 0.717) is 21.4 Å². The topological polar surface area (TPSA) is 79.3 Å². The minimum absolute atomic E-state index is 0.215. The molecule has 7 heteroatoms. The van der Waals surface area contributed by atoms with E-state index in [4.69, 9.17) is 23.2 Å². The van der Waals surface area contributed by atoms with Gasteiger partial charge in [-0.25, -0.2) is 9.78 Å². The van der Waals surface area contributed by atoms with E-state index < -0.39 is 17.9 Å². The lowest BCUT2D eigenvalue weighted by molar-refractivity contribution is -0.139. The third-order valence-corrected chi connectivity index (χ3v) is 4.31. The van der Waals surface area contributed by atoms with Crippen LogP contribution in [0, 0.1) is 0 Å². The molecule has 126 valence electrons. The lowest BCUT2D eigenvalue weighted by atomic mass is 10.1. The van der Waals surface area contributed by atoms with Crippen molar-refractivity contribution in [2.24, 2.45) is 0 Å². The van der Waals surface area contributed by atoms with Crippen molar-refractivity contribution in [1.82, 2.24) is 10.3 Å². The number of benzene rings is 2. The van der Waals surface area contributed by atoms with Crippen LogP contribution in [0.25, 0.3) is 10.8 Å². The third-order valence-electron chi connectivity index (χ3n) is 3.71. The molecule has 0 aliphatic carbocycles. The van der Waals surface area contributed by atoms with Gasteiger partial charge in [0.2, 0.25) is 0 Å². The Hall–Kier alpha value is -2.63. The SMILES string of the molecule is O=C(N[C@@H](C(=O)O)c1ccccc1)c1ccc2c(Cl)cnc(Cl)c2c1. The number of aromatic nitrogens is 1. The zero-order valence-electron chi connectivity index (χ0n) is 12.7. The van der Waals surface area contributed by atoms with Crippen LogP contribution < -0.4 is 5.32 Å². The zero-order valence-corrected chi connectivity index (χ0v) is 14.3. The van der Waals surface area contributed by atoms with E-state index in [-0.39, 0.29) is 10.7 Å². The Bertz CT molecular complexity index is 961. The number of aliphatic carboxylic acids is 1. The summed E-state index contributed by atoms with van der Waals surface area (Å²) in [6.07, 6.45) is 1.43. The van der Waals surface area contributed by atoms with Crippen molar-refractivity contribution in [2.45, 2.75) is 6.04 Å². The Morgan fingerprint density at radius 3 is 2.44 bits per heavy atom. The van der Waals surface area contributed by atoms with Crippen molar-refractivity contribution in [2.75, 3.05) is 0 Å². The first-order valence-electron chi connectivity index (χ1n) is 7.30. The number of carbonyl (C=O) groups is 2. The van der Waals surface area contributed by atoms with Crippen molar-refractivity contribution in [3.63, 3.8) is 0 Å². The zero-order chi connectivity index (χ0) is 18.0. The second-order valence-electron chi connectivity index (χ2n) is 5.31. The van der Waals surface area contributed by atoms with Crippen molar-refractivity contribution in [3.8, 4) is 0 Å². The van der Waals surface area contributed by atoms with Crippen LogP contribution in [0.15, 0.2) is 54.7 Å². The van der Waals surface area contributed by atoms with E-state index in [0.717, 1.165) is 0 Å². The van der Waals surface area contributed by atoms with Crippen LogP contribution >= 0.6 is 23.2 Å². The van der Waals surface area contributed by atoms with Gasteiger partial charge in [0.15, 0.2) is 6.04 Å². The minimum Gasteiger partial charge on any atom is -0.479 e. The number of nitrogens with one attached hydrogen (secondary N) is 1. The molecule has 3 aromatic rings. The molecule has 0 fully saturated rings. The van der Waals surface area contributed by atoms with Gasteiger partial charge in [-0.1, -0.05) is 59.6 Å². The highest BCUT2D eigenvalue weighted by molar-refractivity contribution is 6.39. The Balaban J connectivity index is 1.94. The first kappa shape index (κ1) is 17.2. The molecule has 1 amide bonds. The number of amides is 1. The fraction of sp³-hybridized carbons (Fsp3) is 0.0556. The highest BCUT2D eigenvalue weighted by atomic mass is 35.5. The molecule has 0 radical (unpaired) electrons. The highest BCUT2D eigenvalue weighted by Crippen LogP contribution is 2.28. The number of hydrogen-bond donors (Lipinski definition) is 2. The standard InChI is InChI=1S/C18H12Cl2N2O3/c19-14-9-21-16(20)13-8-11(6-7-12(13)14)17(23)22-15(18(24)25)10-4-2-1-3-5-10/h1-9,15H,(H,22,23)(H,24,25)/t15-/m1/s1. The number of halogens is 2. The second-order valence-corrected chi connectivity index (χ2v) is 6.08. The summed E-state index contributed by atoms with van der Waals surface area (Å²) >= 11 is 12.1. The van der Waals surface area contributed by atoms with Gasteiger partial charge in [0, 0.05) is 22.5 Å². The average molecular weight is 375 g/mol. The van der Waals surface area contributed by atoms with E-state index in [1.807, 2.05) is 0 Å². The van der Waals surface area contributed by atoms with Crippen LogP contribution in [0.1, 0.15) is 22.0 Å². The number of carbonyl (C=O) groups excluding carboxylic acids is 1. The Labute approximate surface area is 153 Å². The first-order chi connectivity index (χ1) is 12.0. The monoisotopic (exact) mass is 374 g/mol. The van der Waals surface area contributed by atoms with Gasteiger partial charge < -0.3 is 10.4 Å². The summed E-state index contributed by atoms with van der Waals surface area (Å²) < 4.78 is 0. The molecule has 0 spiro atoms. The smallest absolute Gasteiger partial charge is 0.330 e. The number of rotatable bonds is 4. The number of fused-ring (bicyclic) bond motifs is 1. The molecule has 1 aromatic heterocycles. The summed E-state index contributed by atoms with van der Waals surface area (Å²) in [6, 6.07) is 12.1. The third kappa shape index (κ3) is 3.57. The van der Waals surface area contributed by atoms with Gasteiger partial charge in [-0.2, -0.15) is 0 Å². The molecule has 0 unspecified atom stereocenters. The minimum atomic E-state index is -1.16. The van der Waals surface area contributed by atoms with Gasteiger partial charge in [-0.3, -0.25) is 4.79 Å². The molecular weight excluding hydrogens is 363 g/mol. The summed E-state index contributed by atoms with van der Waals surface area (Å²) in [6.45, 7) is 0. The Morgan fingerprint density at radius 1 is 1.04 bits per heavy atom. The molecule has 0 saturated heterocycles. The number of carboxylic acid groups (broad SMARTS) is 1. The summed E-state index contributed by atoms with van der Waals surface area (Å²) in [5, 5.41) is 13.7. The van der Waals surface area contributed by atoms with E-state index in [1.165, 1.54) is 12.3 Å². The van der Waals surface area contributed by atoms with Crippen molar-refractivity contribution >= 4 is 45.9 Å². The lowest BCUT2D eigenvalue weighted by Gasteiger charge is -2.15. The summed E-state index contributed by atoms with van der Waals surface area (Å²) in [5.41, 5.74) is 0.743. The van der Waals surface area contributed by atoms with Crippen LogP contribution in [0.3, 0.4) is 0 Å². The predicted molar refractivity (Wildman–Crippen MR) is 96.0 cm³/mol. The molecule has 5 nitrogen and oxygen atoms in total. The predicted octanol–water partition coefficient (Wildman–Crippen LogP) is 4.10. The summed E-state index contributed by atoms with van der Waals surface area (Å²) in [4.78, 5) is 28.0. The molecule has 0 bridgehead atoms. The normalized spacial score (nSPS) is 11.9. The summed E-state index contributed by atoms with van der Waals surface area (Å²) in [7, 11) is 0. The molecule has 0 saturated carbocycles. The van der Waals surface area contributed by atoms with Crippen molar-refractivity contribution in [3.05, 3.63) is 76.0 Å². The van der Waals surface area contributed by atoms with Gasteiger partial charge >= 0.3 is 5.97 Å².